The molecule has 0 fully saturated rings. The van der Waals surface area contributed by atoms with E-state index in [1.807, 2.05) is 44.2 Å². The molecule has 3 rings (SSSR count). The first-order valence-corrected chi connectivity index (χ1v) is 9.52. The van der Waals surface area contributed by atoms with Crippen LogP contribution in [0.3, 0.4) is 0 Å². The van der Waals surface area contributed by atoms with Crippen molar-refractivity contribution in [1.29, 1.82) is 0 Å². The van der Waals surface area contributed by atoms with Crippen molar-refractivity contribution < 1.29 is 9.53 Å². The molecule has 0 saturated heterocycles. The zero-order chi connectivity index (χ0) is 18.4. The molecule has 0 radical (unpaired) electrons. The number of hydrogen-bond acceptors (Lipinski definition) is 4. The summed E-state index contributed by atoms with van der Waals surface area (Å²) in [6, 6.07) is 17.4. The minimum absolute atomic E-state index is 0.0708. The normalized spacial score (nSPS) is 10.5. The number of carbonyl (C=O) groups is 1. The highest BCUT2D eigenvalue weighted by atomic mass is 32.1. The number of amides is 1. The Bertz CT molecular complexity index is 857. The summed E-state index contributed by atoms with van der Waals surface area (Å²) in [6.07, 6.45) is 0.777. The summed E-state index contributed by atoms with van der Waals surface area (Å²) in [7, 11) is 0. The summed E-state index contributed by atoms with van der Waals surface area (Å²) >= 11 is 1.69. The van der Waals surface area contributed by atoms with Crippen LogP contribution in [0.1, 0.15) is 27.9 Å². The molecule has 0 unspecified atom stereocenters. The minimum Gasteiger partial charge on any atom is -0.494 e. The average Bonchev–Trinajstić information content (AvgIpc) is 3.04. The van der Waals surface area contributed by atoms with E-state index in [-0.39, 0.29) is 5.91 Å². The van der Waals surface area contributed by atoms with Gasteiger partial charge in [-0.05, 0) is 38.1 Å². The average molecular weight is 366 g/mol. The van der Waals surface area contributed by atoms with Crippen molar-refractivity contribution in [3.63, 3.8) is 0 Å². The van der Waals surface area contributed by atoms with Gasteiger partial charge < -0.3 is 10.1 Å². The Labute approximate surface area is 157 Å². The van der Waals surface area contributed by atoms with Gasteiger partial charge in [-0.3, -0.25) is 4.79 Å². The lowest BCUT2D eigenvalue weighted by Crippen LogP contribution is -2.25. The van der Waals surface area contributed by atoms with E-state index in [2.05, 4.69) is 22.4 Å². The lowest BCUT2D eigenvalue weighted by atomic mass is 10.2. The Morgan fingerprint density at radius 1 is 1.12 bits per heavy atom. The van der Waals surface area contributed by atoms with Crippen LogP contribution in [0, 0.1) is 6.92 Å². The molecule has 0 aliphatic rings. The highest BCUT2D eigenvalue weighted by Gasteiger charge is 2.10. The Balaban J connectivity index is 1.56. The maximum absolute atomic E-state index is 12.3. The number of benzene rings is 2. The molecule has 0 bridgehead atoms. The molecule has 1 aromatic heterocycles. The largest absolute Gasteiger partial charge is 0.494 e. The molecule has 0 saturated carbocycles. The van der Waals surface area contributed by atoms with Crippen LogP contribution >= 0.6 is 11.3 Å². The van der Waals surface area contributed by atoms with Crippen LogP contribution in [0.15, 0.2) is 54.6 Å². The van der Waals surface area contributed by atoms with E-state index in [0.717, 1.165) is 28.4 Å². The van der Waals surface area contributed by atoms with Crippen LogP contribution in [0.5, 0.6) is 5.75 Å². The number of rotatable bonds is 7. The first-order valence-electron chi connectivity index (χ1n) is 8.70. The number of nitrogens with one attached hydrogen (secondary N) is 1. The number of carbonyl (C=O) groups excluding carboxylic acids is 1. The molecule has 0 aliphatic carbocycles. The summed E-state index contributed by atoms with van der Waals surface area (Å²) in [6.45, 7) is 5.16. The van der Waals surface area contributed by atoms with Crippen molar-refractivity contribution in [3.8, 4) is 16.3 Å². The third-order valence-corrected chi connectivity index (χ3v) is 5.24. The van der Waals surface area contributed by atoms with E-state index in [0.29, 0.717) is 18.7 Å². The number of hydrogen-bond donors (Lipinski definition) is 1. The highest BCUT2D eigenvalue weighted by molar-refractivity contribution is 7.15. The molecule has 0 aliphatic heterocycles. The van der Waals surface area contributed by atoms with Gasteiger partial charge in [0.1, 0.15) is 10.8 Å². The summed E-state index contributed by atoms with van der Waals surface area (Å²) in [5.74, 6) is 0.705. The van der Waals surface area contributed by atoms with Gasteiger partial charge in [-0.25, -0.2) is 4.98 Å². The van der Waals surface area contributed by atoms with Crippen LogP contribution in [-0.2, 0) is 6.42 Å². The molecule has 134 valence electrons. The van der Waals surface area contributed by atoms with Crippen LogP contribution < -0.4 is 10.1 Å². The monoisotopic (exact) mass is 366 g/mol. The Hall–Kier alpha value is -2.66. The maximum atomic E-state index is 12.3. The first-order chi connectivity index (χ1) is 12.7. The molecule has 2 aromatic carbocycles. The predicted octanol–water partition coefficient (Wildman–Crippen LogP) is 4.49. The molecular weight excluding hydrogens is 344 g/mol. The summed E-state index contributed by atoms with van der Waals surface area (Å²) < 4.78 is 5.39. The van der Waals surface area contributed by atoms with Crippen molar-refractivity contribution in [3.05, 3.63) is 70.7 Å². The second-order valence-corrected chi connectivity index (χ2v) is 6.94. The first kappa shape index (κ1) is 18.1. The lowest BCUT2D eigenvalue weighted by Gasteiger charge is -2.06. The smallest absolute Gasteiger partial charge is 0.251 e. The number of aromatic nitrogens is 1. The van der Waals surface area contributed by atoms with Gasteiger partial charge in [0.05, 0.1) is 12.3 Å². The Morgan fingerprint density at radius 2 is 1.85 bits per heavy atom. The maximum Gasteiger partial charge on any atom is 0.251 e. The van der Waals surface area contributed by atoms with E-state index in [4.69, 9.17) is 4.74 Å². The lowest BCUT2D eigenvalue weighted by molar-refractivity contribution is 0.0954. The van der Waals surface area contributed by atoms with Crippen LogP contribution in [0.2, 0.25) is 0 Å². The summed E-state index contributed by atoms with van der Waals surface area (Å²) in [4.78, 5) is 18.1. The SMILES string of the molecule is CCOc1ccc(C(=O)NCCc2sc(-c3ccccc3)nc2C)cc1. The second-order valence-electron chi connectivity index (χ2n) is 5.86. The van der Waals surface area contributed by atoms with Gasteiger partial charge in [0.25, 0.3) is 5.91 Å². The minimum atomic E-state index is -0.0708. The molecule has 4 nitrogen and oxygen atoms in total. The second kappa shape index (κ2) is 8.63. The molecule has 3 aromatic rings. The van der Waals surface area contributed by atoms with E-state index in [1.165, 1.54) is 4.88 Å². The third-order valence-electron chi connectivity index (χ3n) is 3.98. The van der Waals surface area contributed by atoms with Crippen molar-refractivity contribution in [2.24, 2.45) is 0 Å². The van der Waals surface area contributed by atoms with E-state index < -0.39 is 0 Å². The van der Waals surface area contributed by atoms with Gasteiger partial charge >= 0.3 is 0 Å². The van der Waals surface area contributed by atoms with Crippen molar-refractivity contribution in [2.75, 3.05) is 13.2 Å². The number of ether oxygens (including phenoxy) is 1. The molecular formula is C21H22N2O2S. The topological polar surface area (TPSA) is 51.2 Å². The number of thiazole rings is 1. The van der Waals surface area contributed by atoms with Gasteiger partial charge in [0.15, 0.2) is 0 Å². The van der Waals surface area contributed by atoms with Crippen molar-refractivity contribution in [2.45, 2.75) is 20.3 Å². The standard InChI is InChI=1S/C21H22N2O2S/c1-3-25-18-11-9-16(10-12-18)20(24)22-14-13-19-15(2)23-21(26-19)17-7-5-4-6-8-17/h4-12H,3,13-14H2,1-2H3,(H,22,24). The molecule has 26 heavy (non-hydrogen) atoms. The van der Waals surface area contributed by atoms with Crippen molar-refractivity contribution >= 4 is 17.2 Å². The van der Waals surface area contributed by atoms with Gasteiger partial charge in [0, 0.05) is 29.0 Å². The van der Waals surface area contributed by atoms with Crippen LogP contribution in [0.4, 0.5) is 0 Å². The number of nitrogens with zero attached hydrogens (tertiary/aromatic N) is 1. The van der Waals surface area contributed by atoms with E-state index in [1.54, 1.807) is 23.5 Å². The van der Waals surface area contributed by atoms with Crippen molar-refractivity contribution in [1.82, 2.24) is 10.3 Å². The zero-order valence-corrected chi connectivity index (χ0v) is 15.8. The Morgan fingerprint density at radius 3 is 2.54 bits per heavy atom. The molecule has 1 N–H and O–H groups in total. The van der Waals surface area contributed by atoms with E-state index in [9.17, 15) is 4.79 Å². The molecule has 5 heteroatoms. The van der Waals surface area contributed by atoms with E-state index >= 15 is 0 Å². The molecule has 0 atom stereocenters. The fourth-order valence-electron chi connectivity index (χ4n) is 2.63. The zero-order valence-electron chi connectivity index (χ0n) is 15.0. The fraction of sp³-hybridized carbons (Fsp3) is 0.238. The van der Waals surface area contributed by atoms with Crippen LogP contribution in [-0.4, -0.2) is 24.0 Å². The van der Waals surface area contributed by atoms with Gasteiger partial charge in [-0.15, -0.1) is 11.3 Å². The molecule has 1 heterocycles. The third kappa shape index (κ3) is 4.49. The highest BCUT2D eigenvalue weighted by Crippen LogP contribution is 2.27. The summed E-state index contributed by atoms with van der Waals surface area (Å²) in [5, 5.41) is 4.00. The quantitative estimate of drug-likeness (QED) is 0.670. The van der Waals surface area contributed by atoms with Gasteiger partial charge in [-0.2, -0.15) is 0 Å². The Kier molecular flexibility index (Phi) is 6.02. The summed E-state index contributed by atoms with van der Waals surface area (Å²) in [5.41, 5.74) is 2.80. The number of aryl methyl sites for hydroxylation is 1. The predicted molar refractivity (Wildman–Crippen MR) is 106 cm³/mol. The molecule has 0 spiro atoms. The molecule has 1 amide bonds. The van der Waals surface area contributed by atoms with Gasteiger partial charge in [-0.1, -0.05) is 30.3 Å². The fourth-order valence-corrected chi connectivity index (χ4v) is 3.69. The van der Waals surface area contributed by atoms with Gasteiger partial charge in [0.2, 0.25) is 0 Å². The van der Waals surface area contributed by atoms with Crippen LogP contribution in [0.25, 0.3) is 10.6 Å².